The lowest BCUT2D eigenvalue weighted by atomic mass is 9.79. The van der Waals surface area contributed by atoms with E-state index in [9.17, 15) is 0 Å². The molecule has 0 fully saturated rings. The summed E-state index contributed by atoms with van der Waals surface area (Å²) in [5.41, 5.74) is 6.56. The Morgan fingerprint density at radius 2 is 1.47 bits per heavy atom. The lowest BCUT2D eigenvalue weighted by molar-refractivity contribution is 0.573. The van der Waals surface area contributed by atoms with Crippen LogP contribution in [0.3, 0.4) is 0 Å². The van der Waals surface area contributed by atoms with Crippen LogP contribution in [0.4, 0.5) is 0 Å². The van der Waals surface area contributed by atoms with Gasteiger partial charge in [0.1, 0.15) is 0 Å². The minimum Gasteiger partial charge on any atom is -0.0842 e. The molecule has 0 aromatic heterocycles. The molecule has 178 valence electrons. The standard InChI is InChI=1S/C34H28BrI/c35-32-16-9-15-25(30-20-18-26-11-5-7-13-28(26)22-30)10-3-1-2-4-17-33(34(36)24-32)31-21-19-27-12-6-8-14-29(27)23-31/h1-7,9-13,15-22,24,29H,8,14,23H2/t29-/m0/s1. The zero-order chi connectivity index (χ0) is 24.7. The predicted molar refractivity (Wildman–Crippen MR) is 168 cm³/mol. The SMILES string of the molecule is Brc1cccc(-c2ccc3ccccc3c2)ccccccc(C2=CC=C3C=CCC[C@H]3C2)c(I)c1. The van der Waals surface area contributed by atoms with Crippen LogP contribution >= 0.6 is 38.5 Å². The van der Waals surface area contributed by atoms with Gasteiger partial charge in [0, 0.05) is 8.04 Å². The van der Waals surface area contributed by atoms with Crippen molar-refractivity contribution >= 4 is 54.9 Å². The molecular weight excluding hydrogens is 615 g/mol. The Morgan fingerprint density at radius 1 is 0.694 bits per heavy atom. The summed E-state index contributed by atoms with van der Waals surface area (Å²) in [5, 5.41) is 2.51. The van der Waals surface area contributed by atoms with Gasteiger partial charge in [-0.15, -0.1) is 0 Å². The van der Waals surface area contributed by atoms with Crippen LogP contribution < -0.4 is 0 Å². The molecule has 0 saturated carbocycles. The van der Waals surface area contributed by atoms with Crippen molar-refractivity contribution in [2.45, 2.75) is 19.3 Å². The summed E-state index contributed by atoms with van der Waals surface area (Å²) < 4.78 is 2.28. The third-order valence-corrected chi connectivity index (χ3v) is 8.15. The van der Waals surface area contributed by atoms with Crippen LogP contribution in [0.1, 0.15) is 24.8 Å². The van der Waals surface area contributed by atoms with Gasteiger partial charge >= 0.3 is 0 Å². The molecular formula is C34H28BrI. The summed E-state index contributed by atoms with van der Waals surface area (Å²) in [6.07, 6.45) is 12.8. The highest BCUT2D eigenvalue weighted by Crippen LogP contribution is 2.38. The number of fused-ring (bicyclic) bond motifs is 2. The number of hydrogen-bond donors (Lipinski definition) is 0. The molecule has 0 saturated heterocycles. The molecule has 0 N–H and O–H groups in total. The maximum absolute atomic E-state index is 3.78. The fourth-order valence-electron chi connectivity index (χ4n) is 4.85. The summed E-state index contributed by atoms with van der Waals surface area (Å²) in [4.78, 5) is 0. The van der Waals surface area contributed by atoms with E-state index in [2.05, 4.69) is 166 Å². The molecule has 36 heavy (non-hydrogen) atoms. The fourth-order valence-corrected chi connectivity index (χ4v) is 6.52. The molecule has 2 aliphatic carbocycles. The van der Waals surface area contributed by atoms with E-state index in [0.717, 1.165) is 10.9 Å². The molecule has 0 unspecified atom stereocenters. The minimum absolute atomic E-state index is 0.637. The van der Waals surface area contributed by atoms with Crippen LogP contribution in [0, 0.1) is 9.49 Å². The first-order chi connectivity index (χ1) is 17.7. The van der Waals surface area contributed by atoms with Gasteiger partial charge in [0.05, 0.1) is 0 Å². The van der Waals surface area contributed by atoms with E-state index in [1.807, 2.05) is 0 Å². The van der Waals surface area contributed by atoms with Gasteiger partial charge in [-0.3, -0.25) is 0 Å². The molecule has 0 radical (unpaired) electrons. The van der Waals surface area contributed by atoms with Crippen LogP contribution in [-0.2, 0) is 0 Å². The number of rotatable bonds is 2. The number of halogens is 2. The summed E-state index contributed by atoms with van der Waals surface area (Å²) in [5.74, 6) is 0.637. The second kappa shape index (κ2) is 12.0. The summed E-state index contributed by atoms with van der Waals surface area (Å²) in [6, 6.07) is 36.7. The van der Waals surface area contributed by atoms with E-state index < -0.39 is 0 Å². The Bertz CT molecular complexity index is 1490. The highest BCUT2D eigenvalue weighted by Gasteiger charge is 2.20. The third kappa shape index (κ3) is 6.16. The molecule has 2 heteroatoms. The van der Waals surface area contributed by atoms with Crippen LogP contribution in [0.25, 0.3) is 27.5 Å². The van der Waals surface area contributed by atoms with Crippen molar-refractivity contribution in [3.63, 3.8) is 0 Å². The van der Waals surface area contributed by atoms with Gasteiger partial charge < -0.3 is 0 Å². The second-order valence-corrected chi connectivity index (χ2v) is 11.3. The van der Waals surface area contributed by atoms with E-state index in [0.29, 0.717) is 5.92 Å². The Balaban J connectivity index is 1.55. The van der Waals surface area contributed by atoms with Crippen LogP contribution in [0.5, 0.6) is 0 Å². The third-order valence-electron chi connectivity index (χ3n) is 6.76. The van der Waals surface area contributed by atoms with E-state index in [4.69, 9.17) is 0 Å². The van der Waals surface area contributed by atoms with Crippen LogP contribution in [-0.4, -0.2) is 0 Å². The molecule has 1 atom stereocenters. The molecule has 3 aromatic rings. The van der Waals surface area contributed by atoms with Crippen molar-refractivity contribution in [2.75, 3.05) is 0 Å². The van der Waals surface area contributed by atoms with Crippen molar-refractivity contribution in [3.05, 3.63) is 147 Å². The highest BCUT2D eigenvalue weighted by molar-refractivity contribution is 14.1. The average molecular weight is 643 g/mol. The molecule has 0 aliphatic heterocycles. The Labute approximate surface area is 236 Å². The summed E-state index contributed by atoms with van der Waals surface area (Å²) in [7, 11) is 0. The quantitative estimate of drug-likeness (QED) is 0.244. The maximum Gasteiger partial charge on any atom is 0.0216 e. The Morgan fingerprint density at radius 3 is 2.36 bits per heavy atom. The molecule has 2 aliphatic rings. The molecule has 0 heterocycles. The van der Waals surface area contributed by atoms with Gasteiger partial charge in [0.2, 0.25) is 0 Å². The monoisotopic (exact) mass is 642 g/mol. The van der Waals surface area contributed by atoms with Crippen molar-refractivity contribution < 1.29 is 0 Å². The smallest absolute Gasteiger partial charge is 0.0216 e. The summed E-state index contributed by atoms with van der Waals surface area (Å²) >= 11 is 6.25. The van der Waals surface area contributed by atoms with Crippen molar-refractivity contribution in [1.29, 1.82) is 0 Å². The van der Waals surface area contributed by atoms with Gasteiger partial charge in [0.25, 0.3) is 0 Å². The number of allylic oxidation sites excluding steroid dienone is 6. The first-order valence-electron chi connectivity index (χ1n) is 12.4. The summed E-state index contributed by atoms with van der Waals surface area (Å²) in [6.45, 7) is 0. The van der Waals surface area contributed by atoms with Crippen LogP contribution in [0.15, 0.2) is 137 Å². The van der Waals surface area contributed by atoms with Gasteiger partial charge in [0.15, 0.2) is 0 Å². The largest absolute Gasteiger partial charge is 0.0842 e. The predicted octanol–water partition coefficient (Wildman–Crippen LogP) is 10.8. The topological polar surface area (TPSA) is 0 Å². The van der Waals surface area contributed by atoms with E-state index in [-0.39, 0.29) is 0 Å². The van der Waals surface area contributed by atoms with Crippen molar-refractivity contribution in [2.24, 2.45) is 5.92 Å². The van der Waals surface area contributed by atoms with Gasteiger partial charge in [-0.2, -0.15) is 0 Å². The minimum atomic E-state index is 0.637. The van der Waals surface area contributed by atoms with Crippen LogP contribution in [0.2, 0.25) is 0 Å². The normalized spacial score (nSPS) is 16.2. The highest BCUT2D eigenvalue weighted by atomic mass is 127. The lowest BCUT2D eigenvalue weighted by Gasteiger charge is -2.26. The lowest BCUT2D eigenvalue weighted by Crippen LogP contribution is -2.10. The van der Waals surface area contributed by atoms with Gasteiger partial charge in [-0.05, 0) is 105 Å². The molecule has 3 aromatic carbocycles. The zero-order valence-corrected chi connectivity index (χ0v) is 23.8. The van der Waals surface area contributed by atoms with Crippen molar-refractivity contribution in [3.8, 4) is 11.1 Å². The zero-order valence-electron chi connectivity index (χ0n) is 20.1. The average Bonchev–Trinajstić information content (AvgIpc) is 2.90. The second-order valence-electron chi connectivity index (χ2n) is 9.18. The van der Waals surface area contributed by atoms with E-state index in [1.54, 1.807) is 0 Å². The Kier molecular flexibility index (Phi) is 8.35. The molecule has 0 spiro atoms. The molecule has 5 rings (SSSR count). The van der Waals surface area contributed by atoms with Gasteiger partial charge in [-0.25, -0.2) is 0 Å². The first kappa shape index (κ1) is 25.0. The number of hydrogen-bond acceptors (Lipinski definition) is 0. The van der Waals surface area contributed by atoms with E-state index in [1.165, 1.54) is 55.0 Å². The maximum atomic E-state index is 3.78. The fraction of sp³-hybridized carbons (Fsp3) is 0.118. The molecule has 0 amide bonds. The van der Waals surface area contributed by atoms with Gasteiger partial charge in [-0.1, -0.05) is 125 Å². The van der Waals surface area contributed by atoms with Crippen molar-refractivity contribution in [1.82, 2.24) is 0 Å². The number of benzene rings is 2. The Hall–Kier alpha value is -2.69. The first-order valence-corrected chi connectivity index (χ1v) is 14.3. The molecule has 0 bridgehead atoms. The molecule has 0 nitrogen and oxygen atoms in total. The van der Waals surface area contributed by atoms with E-state index >= 15 is 0 Å².